The molecule has 1 heterocycles. The van der Waals surface area contributed by atoms with Crippen molar-refractivity contribution in [2.75, 3.05) is 0 Å². The van der Waals surface area contributed by atoms with Gasteiger partial charge in [-0.15, -0.1) is 0 Å². The molecule has 0 fully saturated rings. The fourth-order valence-electron chi connectivity index (χ4n) is 1.27. The second-order valence-electron chi connectivity index (χ2n) is 3.54. The molecule has 90 valence electrons. The number of aromatic amines is 1. The Morgan fingerprint density at radius 2 is 2.00 bits per heavy atom. The van der Waals surface area contributed by atoms with Gasteiger partial charge in [0.2, 0.25) is 0 Å². The van der Waals surface area contributed by atoms with Crippen LogP contribution in [0.1, 0.15) is 25.6 Å². The third-order valence-corrected chi connectivity index (χ3v) is 3.23. The zero-order chi connectivity index (χ0) is 12.5. The number of aliphatic hydroxyl groups is 2. The van der Waals surface area contributed by atoms with Gasteiger partial charge in [-0.3, -0.25) is 9.36 Å². The molecular weight excluding hydrogens is 280 g/mol. The Morgan fingerprint density at radius 3 is 2.44 bits per heavy atom. The number of nitrogens with zero attached hydrogens (tertiary/aromatic N) is 1. The van der Waals surface area contributed by atoms with Crippen LogP contribution in [0.25, 0.3) is 0 Å². The SMILES string of the molecule is CC(O)C(C)n1c(=O)[nH]c(CO)c(Br)c1=O. The normalized spacial score (nSPS) is 14.8. The molecule has 7 heteroatoms. The first kappa shape index (κ1) is 13.1. The predicted octanol–water partition coefficient (Wildman–Crippen LogP) is -0.267. The molecule has 0 aliphatic carbocycles. The average Bonchev–Trinajstić information content (AvgIpc) is 2.23. The Balaban J connectivity index is 3.49. The van der Waals surface area contributed by atoms with Gasteiger partial charge in [0, 0.05) is 0 Å². The van der Waals surface area contributed by atoms with Crippen molar-refractivity contribution >= 4 is 15.9 Å². The van der Waals surface area contributed by atoms with Crippen LogP contribution in [0.2, 0.25) is 0 Å². The van der Waals surface area contributed by atoms with Gasteiger partial charge in [-0.1, -0.05) is 0 Å². The van der Waals surface area contributed by atoms with Crippen LogP contribution in [-0.2, 0) is 6.61 Å². The van der Waals surface area contributed by atoms with Crippen molar-refractivity contribution in [3.63, 3.8) is 0 Å². The van der Waals surface area contributed by atoms with Crippen LogP contribution in [0.15, 0.2) is 14.1 Å². The summed E-state index contributed by atoms with van der Waals surface area (Å²) in [7, 11) is 0. The van der Waals surface area contributed by atoms with Gasteiger partial charge in [-0.2, -0.15) is 0 Å². The van der Waals surface area contributed by atoms with E-state index >= 15 is 0 Å². The van der Waals surface area contributed by atoms with Crippen molar-refractivity contribution < 1.29 is 10.2 Å². The lowest BCUT2D eigenvalue weighted by atomic mass is 10.2. The minimum Gasteiger partial charge on any atom is -0.391 e. The number of aliphatic hydroxyl groups excluding tert-OH is 2. The first-order valence-corrected chi connectivity index (χ1v) is 5.51. The lowest BCUT2D eigenvalue weighted by Crippen LogP contribution is -2.41. The lowest BCUT2D eigenvalue weighted by Gasteiger charge is -2.17. The Bertz CT molecular complexity index is 491. The zero-order valence-electron chi connectivity index (χ0n) is 8.90. The van der Waals surface area contributed by atoms with E-state index in [0.29, 0.717) is 0 Å². The smallest absolute Gasteiger partial charge is 0.329 e. The molecule has 0 aliphatic heterocycles. The molecule has 3 N–H and O–H groups in total. The molecule has 1 aromatic heterocycles. The first-order valence-electron chi connectivity index (χ1n) is 4.72. The predicted molar refractivity (Wildman–Crippen MR) is 61.3 cm³/mol. The highest BCUT2D eigenvalue weighted by Gasteiger charge is 2.18. The Hall–Kier alpha value is -0.920. The van der Waals surface area contributed by atoms with Crippen molar-refractivity contribution in [1.82, 2.24) is 9.55 Å². The van der Waals surface area contributed by atoms with E-state index in [2.05, 4.69) is 20.9 Å². The number of hydrogen-bond donors (Lipinski definition) is 3. The summed E-state index contributed by atoms with van der Waals surface area (Å²) in [6.07, 6.45) is -0.828. The second-order valence-corrected chi connectivity index (χ2v) is 4.33. The molecule has 6 nitrogen and oxygen atoms in total. The number of halogens is 1. The van der Waals surface area contributed by atoms with Gasteiger partial charge in [0.05, 0.1) is 24.4 Å². The maximum absolute atomic E-state index is 11.8. The highest BCUT2D eigenvalue weighted by Crippen LogP contribution is 2.10. The van der Waals surface area contributed by atoms with Crippen molar-refractivity contribution in [2.24, 2.45) is 0 Å². The fourth-order valence-corrected chi connectivity index (χ4v) is 1.68. The molecule has 0 amide bonds. The van der Waals surface area contributed by atoms with Crippen molar-refractivity contribution in [3.05, 3.63) is 31.0 Å². The first-order chi connectivity index (χ1) is 7.40. The van der Waals surface area contributed by atoms with E-state index in [1.165, 1.54) is 6.92 Å². The molecule has 0 saturated carbocycles. The summed E-state index contributed by atoms with van der Waals surface area (Å²) in [5, 5.41) is 18.3. The van der Waals surface area contributed by atoms with Gasteiger partial charge in [0.15, 0.2) is 0 Å². The minimum absolute atomic E-state index is 0.0992. The molecule has 0 aliphatic rings. The van der Waals surface area contributed by atoms with Crippen LogP contribution < -0.4 is 11.2 Å². The van der Waals surface area contributed by atoms with Gasteiger partial charge in [-0.25, -0.2) is 4.79 Å². The maximum atomic E-state index is 11.8. The molecule has 0 radical (unpaired) electrons. The van der Waals surface area contributed by atoms with Crippen LogP contribution in [0.5, 0.6) is 0 Å². The number of H-pyrrole nitrogens is 1. The van der Waals surface area contributed by atoms with E-state index in [0.717, 1.165) is 4.57 Å². The van der Waals surface area contributed by atoms with Crippen LogP contribution in [0.3, 0.4) is 0 Å². The largest absolute Gasteiger partial charge is 0.391 e. The van der Waals surface area contributed by atoms with E-state index < -0.39 is 30.0 Å². The number of aromatic nitrogens is 2. The molecule has 1 rings (SSSR count). The van der Waals surface area contributed by atoms with Gasteiger partial charge in [0.25, 0.3) is 5.56 Å². The summed E-state index contributed by atoms with van der Waals surface area (Å²) in [6, 6.07) is -0.639. The molecule has 0 saturated heterocycles. The molecule has 16 heavy (non-hydrogen) atoms. The van der Waals surface area contributed by atoms with E-state index in [4.69, 9.17) is 5.11 Å². The van der Waals surface area contributed by atoms with Crippen LogP contribution in [0.4, 0.5) is 0 Å². The van der Waals surface area contributed by atoms with Gasteiger partial charge < -0.3 is 15.2 Å². The lowest BCUT2D eigenvalue weighted by molar-refractivity contribution is 0.134. The maximum Gasteiger partial charge on any atom is 0.329 e. The summed E-state index contributed by atoms with van der Waals surface area (Å²) in [5.41, 5.74) is -1.09. The second kappa shape index (κ2) is 4.94. The molecule has 0 aromatic carbocycles. The summed E-state index contributed by atoms with van der Waals surface area (Å²) < 4.78 is 1.01. The van der Waals surface area contributed by atoms with Gasteiger partial charge in [0.1, 0.15) is 4.47 Å². The molecule has 2 unspecified atom stereocenters. The topological polar surface area (TPSA) is 95.3 Å². The van der Waals surface area contributed by atoms with E-state index in [-0.39, 0.29) is 10.2 Å². The summed E-state index contributed by atoms with van der Waals surface area (Å²) in [5.74, 6) is 0. The molecular formula is C9H13BrN2O4. The van der Waals surface area contributed by atoms with Gasteiger partial charge in [-0.05, 0) is 29.8 Å². The van der Waals surface area contributed by atoms with E-state index in [1.54, 1.807) is 6.92 Å². The Morgan fingerprint density at radius 1 is 1.44 bits per heavy atom. The van der Waals surface area contributed by atoms with Crippen LogP contribution in [-0.4, -0.2) is 25.9 Å². The monoisotopic (exact) mass is 292 g/mol. The van der Waals surface area contributed by atoms with Crippen LogP contribution in [0, 0.1) is 0 Å². The fraction of sp³-hybridized carbons (Fsp3) is 0.556. The highest BCUT2D eigenvalue weighted by atomic mass is 79.9. The van der Waals surface area contributed by atoms with Crippen LogP contribution >= 0.6 is 15.9 Å². The van der Waals surface area contributed by atoms with Gasteiger partial charge >= 0.3 is 5.69 Å². The highest BCUT2D eigenvalue weighted by molar-refractivity contribution is 9.10. The molecule has 2 atom stereocenters. The average molecular weight is 293 g/mol. The van der Waals surface area contributed by atoms with Crippen molar-refractivity contribution in [2.45, 2.75) is 32.6 Å². The van der Waals surface area contributed by atoms with Crippen molar-refractivity contribution in [1.29, 1.82) is 0 Å². The number of rotatable bonds is 3. The summed E-state index contributed by atoms with van der Waals surface area (Å²) in [4.78, 5) is 25.7. The minimum atomic E-state index is -0.828. The quantitative estimate of drug-likeness (QED) is 0.715. The van der Waals surface area contributed by atoms with E-state index in [9.17, 15) is 14.7 Å². The summed E-state index contributed by atoms with van der Waals surface area (Å²) in [6.45, 7) is 2.62. The number of nitrogens with one attached hydrogen (secondary N) is 1. The molecule has 0 bridgehead atoms. The third-order valence-electron chi connectivity index (χ3n) is 2.41. The Kier molecular flexibility index (Phi) is 4.06. The molecule has 1 aromatic rings. The molecule has 0 spiro atoms. The van der Waals surface area contributed by atoms with E-state index in [1.807, 2.05) is 0 Å². The zero-order valence-corrected chi connectivity index (χ0v) is 10.5. The third kappa shape index (κ3) is 2.26. The van der Waals surface area contributed by atoms with Crippen molar-refractivity contribution in [3.8, 4) is 0 Å². The Labute approximate surface area is 99.7 Å². The summed E-state index contributed by atoms with van der Waals surface area (Å²) >= 11 is 3.00. The number of hydrogen-bond acceptors (Lipinski definition) is 4. The standard InChI is InChI=1S/C9H13BrN2O4/c1-4(5(2)14)12-8(15)7(10)6(3-13)11-9(12)16/h4-5,13-14H,3H2,1-2H3,(H,11,16).